The topological polar surface area (TPSA) is 87.7 Å². The van der Waals surface area contributed by atoms with Crippen LogP contribution in [0.4, 0.5) is 4.79 Å². The Morgan fingerprint density at radius 1 is 1.19 bits per heavy atom. The second-order valence-electron chi connectivity index (χ2n) is 6.42. The van der Waals surface area contributed by atoms with Gasteiger partial charge in [0.1, 0.15) is 0 Å². The molecule has 0 spiro atoms. The van der Waals surface area contributed by atoms with Crippen molar-refractivity contribution < 1.29 is 19.4 Å². The van der Waals surface area contributed by atoms with Crippen molar-refractivity contribution in [3.63, 3.8) is 0 Å². The predicted octanol–water partition coefficient (Wildman–Crippen LogP) is 1.75. The van der Waals surface area contributed by atoms with Gasteiger partial charge >= 0.3 is 12.0 Å². The van der Waals surface area contributed by atoms with Crippen molar-refractivity contribution in [2.24, 2.45) is 11.3 Å². The van der Waals surface area contributed by atoms with E-state index in [-0.39, 0.29) is 17.9 Å². The van der Waals surface area contributed by atoms with E-state index in [4.69, 9.17) is 9.84 Å². The van der Waals surface area contributed by atoms with E-state index >= 15 is 0 Å². The molecule has 1 saturated carbocycles. The van der Waals surface area contributed by atoms with E-state index < -0.39 is 5.97 Å². The molecule has 2 fully saturated rings. The van der Waals surface area contributed by atoms with Gasteiger partial charge in [-0.1, -0.05) is 19.3 Å². The lowest BCUT2D eigenvalue weighted by Gasteiger charge is -2.36. The van der Waals surface area contributed by atoms with Crippen molar-refractivity contribution in [1.29, 1.82) is 0 Å². The molecule has 1 aliphatic carbocycles. The molecule has 1 atom stereocenters. The van der Waals surface area contributed by atoms with Crippen LogP contribution in [0.2, 0.25) is 0 Å². The lowest BCUT2D eigenvalue weighted by atomic mass is 9.72. The largest absolute Gasteiger partial charge is 0.481 e. The Labute approximate surface area is 125 Å². The molecule has 1 heterocycles. The molecule has 1 saturated heterocycles. The second-order valence-corrected chi connectivity index (χ2v) is 6.42. The minimum absolute atomic E-state index is 0.143. The van der Waals surface area contributed by atoms with Crippen LogP contribution in [0.3, 0.4) is 0 Å². The van der Waals surface area contributed by atoms with Gasteiger partial charge in [-0.15, -0.1) is 0 Å². The maximum atomic E-state index is 11.9. The summed E-state index contributed by atoms with van der Waals surface area (Å²) >= 11 is 0. The molecular weight excluding hydrogens is 272 g/mol. The first kappa shape index (κ1) is 16.1. The van der Waals surface area contributed by atoms with Crippen LogP contribution < -0.4 is 10.6 Å². The summed E-state index contributed by atoms with van der Waals surface area (Å²) in [6.07, 6.45) is 6.17. The van der Waals surface area contributed by atoms with Gasteiger partial charge in [-0.2, -0.15) is 0 Å². The number of ether oxygens (including phenoxy) is 1. The van der Waals surface area contributed by atoms with Crippen LogP contribution in [0.5, 0.6) is 0 Å². The second kappa shape index (κ2) is 7.64. The lowest BCUT2D eigenvalue weighted by Crippen LogP contribution is -2.45. The summed E-state index contributed by atoms with van der Waals surface area (Å²) in [6, 6.07) is -0.197. The Balaban J connectivity index is 1.74. The van der Waals surface area contributed by atoms with Crippen LogP contribution in [-0.4, -0.2) is 43.4 Å². The third-order valence-corrected chi connectivity index (χ3v) is 4.64. The van der Waals surface area contributed by atoms with Crippen LogP contribution in [0.1, 0.15) is 44.9 Å². The maximum absolute atomic E-state index is 11.9. The van der Waals surface area contributed by atoms with Crippen LogP contribution in [0.25, 0.3) is 0 Å². The number of urea groups is 1. The average Bonchev–Trinajstić information content (AvgIpc) is 2.96. The molecule has 1 aliphatic heterocycles. The van der Waals surface area contributed by atoms with Crippen LogP contribution >= 0.6 is 0 Å². The minimum Gasteiger partial charge on any atom is -0.481 e. The van der Waals surface area contributed by atoms with Crippen molar-refractivity contribution >= 4 is 12.0 Å². The number of carbonyl (C=O) groups excluding carboxylic acids is 1. The van der Waals surface area contributed by atoms with E-state index in [1.165, 1.54) is 0 Å². The zero-order valence-electron chi connectivity index (χ0n) is 12.5. The van der Waals surface area contributed by atoms with Crippen molar-refractivity contribution in [2.45, 2.75) is 44.9 Å². The fourth-order valence-electron chi connectivity index (χ4n) is 3.35. The summed E-state index contributed by atoms with van der Waals surface area (Å²) in [4.78, 5) is 22.9. The highest BCUT2D eigenvalue weighted by atomic mass is 16.5. The number of hydrogen-bond acceptors (Lipinski definition) is 3. The van der Waals surface area contributed by atoms with E-state index in [9.17, 15) is 9.59 Å². The number of carboxylic acids is 1. The maximum Gasteiger partial charge on any atom is 0.314 e. The third-order valence-electron chi connectivity index (χ3n) is 4.64. The molecule has 0 aromatic carbocycles. The van der Waals surface area contributed by atoms with Gasteiger partial charge in [0, 0.05) is 25.6 Å². The summed E-state index contributed by atoms with van der Waals surface area (Å²) in [7, 11) is 0. The lowest BCUT2D eigenvalue weighted by molar-refractivity contribution is -0.140. The number of carboxylic acid groups (broad SMARTS) is 1. The first-order chi connectivity index (χ1) is 10.1. The molecule has 6 nitrogen and oxygen atoms in total. The smallest absolute Gasteiger partial charge is 0.314 e. The molecule has 2 amide bonds. The van der Waals surface area contributed by atoms with Crippen LogP contribution in [0.15, 0.2) is 0 Å². The zero-order valence-corrected chi connectivity index (χ0v) is 12.5. The molecule has 2 rings (SSSR count). The van der Waals surface area contributed by atoms with Crippen LogP contribution in [0, 0.1) is 11.3 Å². The molecule has 120 valence electrons. The molecular formula is C15H26N2O4. The number of aliphatic carboxylic acids is 1. The molecule has 0 radical (unpaired) electrons. The highest BCUT2D eigenvalue weighted by molar-refractivity contribution is 5.74. The minimum atomic E-state index is -0.776. The molecule has 0 aromatic rings. The number of amides is 2. The van der Waals surface area contributed by atoms with Crippen molar-refractivity contribution in [3.05, 3.63) is 0 Å². The van der Waals surface area contributed by atoms with E-state index in [1.807, 2.05) is 0 Å². The standard InChI is InChI=1S/C15H26N2O4/c18-13(19)8-15(5-2-1-3-6-15)11-17-14(20)16-9-12-4-7-21-10-12/h12H,1-11H2,(H,18,19)(H2,16,17,20). The van der Waals surface area contributed by atoms with Crippen molar-refractivity contribution in [3.8, 4) is 0 Å². The van der Waals surface area contributed by atoms with Gasteiger partial charge in [-0.25, -0.2) is 4.79 Å². The highest BCUT2D eigenvalue weighted by Crippen LogP contribution is 2.38. The molecule has 1 unspecified atom stereocenters. The summed E-state index contributed by atoms with van der Waals surface area (Å²) < 4.78 is 5.27. The zero-order chi connectivity index (χ0) is 15.1. The fraction of sp³-hybridized carbons (Fsp3) is 0.867. The van der Waals surface area contributed by atoms with E-state index in [0.29, 0.717) is 25.6 Å². The summed E-state index contributed by atoms with van der Waals surface area (Å²) in [5.41, 5.74) is -0.266. The Morgan fingerprint density at radius 3 is 2.57 bits per heavy atom. The number of hydrogen-bond donors (Lipinski definition) is 3. The highest BCUT2D eigenvalue weighted by Gasteiger charge is 2.34. The molecule has 0 aromatic heterocycles. The first-order valence-corrected chi connectivity index (χ1v) is 7.91. The number of rotatable bonds is 6. The molecule has 6 heteroatoms. The number of nitrogens with one attached hydrogen (secondary N) is 2. The van der Waals surface area contributed by atoms with Gasteiger partial charge in [0.2, 0.25) is 0 Å². The van der Waals surface area contributed by atoms with Crippen LogP contribution in [-0.2, 0) is 9.53 Å². The Kier molecular flexibility index (Phi) is 5.85. The predicted molar refractivity (Wildman–Crippen MR) is 78.1 cm³/mol. The molecule has 21 heavy (non-hydrogen) atoms. The monoisotopic (exact) mass is 298 g/mol. The van der Waals surface area contributed by atoms with Crippen molar-refractivity contribution in [1.82, 2.24) is 10.6 Å². The summed E-state index contributed by atoms with van der Waals surface area (Å²) in [6.45, 7) is 2.56. The summed E-state index contributed by atoms with van der Waals surface area (Å²) in [5, 5.41) is 14.8. The van der Waals surface area contributed by atoms with E-state index in [2.05, 4.69) is 10.6 Å². The SMILES string of the molecule is O=C(O)CC1(CNC(=O)NCC2CCOC2)CCCCC1. The average molecular weight is 298 g/mol. The Morgan fingerprint density at radius 2 is 1.95 bits per heavy atom. The van der Waals surface area contributed by atoms with Gasteiger partial charge in [-0.05, 0) is 24.7 Å². The van der Waals surface area contributed by atoms with Crippen molar-refractivity contribution in [2.75, 3.05) is 26.3 Å². The first-order valence-electron chi connectivity index (χ1n) is 7.91. The number of carbonyl (C=O) groups is 2. The molecule has 2 aliphatic rings. The van der Waals surface area contributed by atoms with Gasteiger partial charge < -0.3 is 20.5 Å². The van der Waals surface area contributed by atoms with E-state index in [1.54, 1.807) is 0 Å². The molecule has 0 bridgehead atoms. The quantitative estimate of drug-likeness (QED) is 0.697. The normalized spacial score (nSPS) is 24.5. The van der Waals surface area contributed by atoms with E-state index in [0.717, 1.165) is 45.1 Å². The van der Waals surface area contributed by atoms with Gasteiger partial charge in [0.15, 0.2) is 0 Å². The Hall–Kier alpha value is -1.30. The molecule has 3 N–H and O–H groups in total. The fourth-order valence-corrected chi connectivity index (χ4v) is 3.35. The Bertz CT molecular complexity index is 361. The summed E-state index contributed by atoms with van der Waals surface area (Å²) in [5.74, 6) is -0.374. The third kappa shape index (κ3) is 5.19. The van der Waals surface area contributed by atoms with Gasteiger partial charge in [0.25, 0.3) is 0 Å². The van der Waals surface area contributed by atoms with Gasteiger partial charge in [0.05, 0.1) is 13.0 Å². The van der Waals surface area contributed by atoms with Gasteiger partial charge in [-0.3, -0.25) is 4.79 Å².